The van der Waals surface area contributed by atoms with Gasteiger partial charge in [-0.2, -0.15) is 0 Å². The van der Waals surface area contributed by atoms with Crippen LogP contribution in [0.1, 0.15) is 28.5 Å². The van der Waals surface area contributed by atoms with Gasteiger partial charge in [-0.25, -0.2) is 0 Å². The van der Waals surface area contributed by atoms with E-state index in [1.165, 1.54) is 6.26 Å². The quantitative estimate of drug-likeness (QED) is 0.689. The Balaban J connectivity index is 1.71. The number of amides is 1. The van der Waals surface area contributed by atoms with E-state index in [1.54, 1.807) is 6.07 Å². The fourth-order valence-corrected chi connectivity index (χ4v) is 2.89. The normalized spacial score (nSPS) is 11.9. The summed E-state index contributed by atoms with van der Waals surface area (Å²) < 4.78 is 5.42. The fraction of sp³-hybridized carbons (Fsp3) is 0.190. The lowest BCUT2D eigenvalue weighted by atomic mass is 9.96. The Morgan fingerprint density at radius 2 is 1.68 bits per heavy atom. The molecule has 0 aliphatic rings. The van der Waals surface area contributed by atoms with Crippen LogP contribution in [0, 0.1) is 0 Å². The summed E-state index contributed by atoms with van der Waals surface area (Å²) in [4.78, 5) is 12.6. The van der Waals surface area contributed by atoms with E-state index in [0.717, 1.165) is 16.7 Å². The summed E-state index contributed by atoms with van der Waals surface area (Å²) in [5.41, 5.74) is 2.81. The van der Waals surface area contributed by atoms with Gasteiger partial charge in [0.25, 0.3) is 5.91 Å². The van der Waals surface area contributed by atoms with Gasteiger partial charge in [0, 0.05) is 24.6 Å². The van der Waals surface area contributed by atoms with Crippen molar-refractivity contribution < 1.29 is 14.3 Å². The molecular weight excluding hydrogens is 314 g/mol. The number of hydrogen-bond donors (Lipinski definition) is 2. The van der Waals surface area contributed by atoms with E-state index in [9.17, 15) is 9.90 Å². The van der Waals surface area contributed by atoms with E-state index in [-0.39, 0.29) is 18.4 Å². The Bertz CT molecular complexity index is 796. The second kappa shape index (κ2) is 8.31. The van der Waals surface area contributed by atoms with Crippen LogP contribution in [-0.2, 0) is 0 Å². The Morgan fingerprint density at radius 3 is 2.36 bits per heavy atom. The molecule has 4 nitrogen and oxygen atoms in total. The average molecular weight is 335 g/mol. The fourth-order valence-electron chi connectivity index (χ4n) is 2.89. The molecule has 0 saturated heterocycles. The molecule has 0 aliphatic carbocycles. The minimum atomic E-state index is -0.247. The van der Waals surface area contributed by atoms with Crippen molar-refractivity contribution in [1.82, 2.24) is 5.32 Å². The molecule has 0 aliphatic heterocycles. The van der Waals surface area contributed by atoms with Crippen LogP contribution in [0.25, 0.3) is 11.1 Å². The van der Waals surface area contributed by atoms with E-state index in [2.05, 4.69) is 5.32 Å². The molecule has 0 saturated carbocycles. The highest BCUT2D eigenvalue weighted by atomic mass is 16.3. The molecule has 3 rings (SSSR count). The second-order valence-corrected chi connectivity index (χ2v) is 5.86. The molecule has 1 heterocycles. The van der Waals surface area contributed by atoms with Gasteiger partial charge in [-0.1, -0.05) is 60.7 Å². The maximum atomic E-state index is 12.6. The van der Waals surface area contributed by atoms with Crippen LogP contribution in [0.5, 0.6) is 0 Å². The third kappa shape index (κ3) is 4.17. The van der Waals surface area contributed by atoms with Crippen LogP contribution in [-0.4, -0.2) is 24.2 Å². The highest BCUT2D eigenvalue weighted by Crippen LogP contribution is 2.25. The molecule has 1 atom stereocenters. The first-order valence-electron chi connectivity index (χ1n) is 8.36. The number of nitrogens with one attached hydrogen (secondary N) is 1. The van der Waals surface area contributed by atoms with Gasteiger partial charge in [-0.15, -0.1) is 0 Å². The zero-order valence-corrected chi connectivity index (χ0v) is 13.9. The van der Waals surface area contributed by atoms with Gasteiger partial charge >= 0.3 is 0 Å². The standard InChI is InChI=1S/C21H21NO3/c23-13-11-18(16-7-3-1-4-8-16)15-22-21(24)20-19(12-14-25-20)17-9-5-2-6-10-17/h1-10,12,14,18,23H,11,13,15H2,(H,22,24). The average Bonchev–Trinajstić information content (AvgIpc) is 3.16. The zero-order valence-electron chi connectivity index (χ0n) is 13.9. The number of rotatable bonds is 7. The first kappa shape index (κ1) is 17.0. The van der Waals surface area contributed by atoms with Gasteiger partial charge in [0.15, 0.2) is 5.76 Å². The van der Waals surface area contributed by atoms with Gasteiger partial charge in [0.1, 0.15) is 0 Å². The first-order valence-corrected chi connectivity index (χ1v) is 8.36. The second-order valence-electron chi connectivity index (χ2n) is 5.86. The summed E-state index contributed by atoms with van der Waals surface area (Å²) in [7, 11) is 0. The van der Waals surface area contributed by atoms with Crippen molar-refractivity contribution in [2.45, 2.75) is 12.3 Å². The third-order valence-corrected chi connectivity index (χ3v) is 4.21. The molecule has 25 heavy (non-hydrogen) atoms. The number of aliphatic hydroxyl groups is 1. The highest BCUT2D eigenvalue weighted by Gasteiger charge is 2.18. The number of aliphatic hydroxyl groups excluding tert-OH is 1. The van der Waals surface area contributed by atoms with E-state index in [4.69, 9.17) is 4.42 Å². The summed E-state index contributed by atoms with van der Waals surface area (Å²) in [5.74, 6) is 0.120. The zero-order chi connectivity index (χ0) is 17.5. The molecule has 0 bridgehead atoms. The van der Waals surface area contributed by atoms with Crippen LogP contribution >= 0.6 is 0 Å². The van der Waals surface area contributed by atoms with Crippen molar-refractivity contribution in [3.63, 3.8) is 0 Å². The van der Waals surface area contributed by atoms with Crippen LogP contribution in [0.2, 0.25) is 0 Å². The molecule has 2 aromatic carbocycles. The Kier molecular flexibility index (Phi) is 5.65. The maximum absolute atomic E-state index is 12.6. The van der Waals surface area contributed by atoms with Crippen molar-refractivity contribution in [3.8, 4) is 11.1 Å². The maximum Gasteiger partial charge on any atom is 0.287 e. The Labute approximate surface area is 147 Å². The summed E-state index contributed by atoms with van der Waals surface area (Å²) in [6.45, 7) is 0.518. The molecule has 0 radical (unpaired) electrons. The molecule has 128 valence electrons. The predicted molar refractivity (Wildman–Crippen MR) is 97.4 cm³/mol. The Morgan fingerprint density at radius 1 is 1.00 bits per heavy atom. The van der Waals surface area contributed by atoms with E-state index in [0.29, 0.717) is 18.7 Å². The lowest BCUT2D eigenvalue weighted by Gasteiger charge is -2.17. The molecule has 2 N–H and O–H groups in total. The number of benzene rings is 2. The van der Waals surface area contributed by atoms with E-state index >= 15 is 0 Å². The monoisotopic (exact) mass is 335 g/mol. The van der Waals surface area contributed by atoms with Gasteiger partial charge in [-0.05, 0) is 23.6 Å². The molecule has 3 aromatic rings. The molecule has 0 fully saturated rings. The van der Waals surface area contributed by atoms with Gasteiger partial charge < -0.3 is 14.8 Å². The van der Waals surface area contributed by atoms with Crippen molar-refractivity contribution >= 4 is 5.91 Å². The first-order chi connectivity index (χ1) is 12.3. The molecule has 1 aromatic heterocycles. The van der Waals surface area contributed by atoms with Crippen LogP contribution in [0.3, 0.4) is 0 Å². The van der Waals surface area contributed by atoms with Crippen molar-refractivity contribution in [3.05, 3.63) is 84.3 Å². The number of hydrogen-bond acceptors (Lipinski definition) is 3. The van der Waals surface area contributed by atoms with Crippen molar-refractivity contribution in [1.29, 1.82) is 0 Å². The minimum absolute atomic E-state index is 0.0605. The lowest BCUT2D eigenvalue weighted by Crippen LogP contribution is -2.29. The molecular formula is C21H21NO3. The summed E-state index contributed by atoms with van der Waals surface area (Å²) in [5, 5.41) is 12.2. The topological polar surface area (TPSA) is 62.5 Å². The van der Waals surface area contributed by atoms with E-state index in [1.807, 2.05) is 60.7 Å². The Hall–Kier alpha value is -2.85. The number of carbonyl (C=O) groups is 1. The number of furan rings is 1. The van der Waals surface area contributed by atoms with E-state index < -0.39 is 0 Å². The number of carbonyl (C=O) groups excluding carboxylic acids is 1. The largest absolute Gasteiger partial charge is 0.459 e. The minimum Gasteiger partial charge on any atom is -0.459 e. The van der Waals surface area contributed by atoms with Crippen molar-refractivity contribution in [2.75, 3.05) is 13.2 Å². The van der Waals surface area contributed by atoms with Gasteiger partial charge in [0.2, 0.25) is 0 Å². The summed E-state index contributed by atoms with van der Waals surface area (Å²) >= 11 is 0. The SMILES string of the molecule is O=C(NCC(CCO)c1ccccc1)c1occc1-c1ccccc1. The predicted octanol–water partition coefficient (Wildman–Crippen LogP) is 3.84. The molecule has 0 spiro atoms. The summed E-state index contributed by atoms with van der Waals surface area (Å²) in [6, 6.07) is 21.4. The van der Waals surface area contributed by atoms with Crippen LogP contribution in [0.15, 0.2) is 77.4 Å². The van der Waals surface area contributed by atoms with Crippen LogP contribution in [0.4, 0.5) is 0 Å². The highest BCUT2D eigenvalue weighted by molar-refractivity contribution is 5.98. The molecule has 1 amide bonds. The molecule has 4 heteroatoms. The smallest absolute Gasteiger partial charge is 0.287 e. The van der Waals surface area contributed by atoms with Gasteiger partial charge in [-0.3, -0.25) is 4.79 Å². The van der Waals surface area contributed by atoms with Gasteiger partial charge in [0.05, 0.1) is 6.26 Å². The lowest BCUT2D eigenvalue weighted by molar-refractivity contribution is 0.0922. The molecule has 1 unspecified atom stereocenters. The summed E-state index contributed by atoms with van der Waals surface area (Å²) in [6.07, 6.45) is 2.12. The van der Waals surface area contributed by atoms with Crippen LogP contribution < -0.4 is 5.32 Å². The third-order valence-electron chi connectivity index (χ3n) is 4.21. The van der Waals surface area contributed by atoms with Crippen molar-refractivity contribution in [2.24, 2.45) is 0 Å².